The summed E-state index contributed by atoms with van der Waals surface area (Å²) in [6.45, 7) is -0.0232. The van der Waals surface area contributed by atoms with Crippen LogP contribution in [-0.2, 0) is 11.3 Å². The molecule has 0 spiro atoms. The number of carbonyl (C=O) groups excluding carboxylic acids is 1. The Morgan fingerprint density at radius 3 is 3.05 bits per heavy atom. The Morgan fingerprint density at radius 2 is 2.33 bits per heavy atom. The van der Waals surface area contributed by atoms with Crippen LogP contribution in [0, 0.1) is 11.8 Å². The lowest BCUT2D eigenvalue weighted by molar-refractivity contribution is -0.116. The number of aliphatic hydroxyl groups excluding tert-OH is 1. The summed E-state index contributed by atoms with van der Waals surface area (Å²) in [6.07, 6.45) is 1.71. The van der Waals surface area contributed by atoms with Gasteiger partial charge in [-0.25, -0.2) is 4.68 Å². The van der Waals surface area contributed by atoms with E-state index in [1.807, 2.05) is 0 Å². The van der Waals surface area contributed by atoms with Crippen LogP contribution < -0.4 is 5.32 Å². The fraction of sp³-hybridized carbons (Fsp3) is 0.231. The molecule has 0 radical (unpaired) electrons. The third-order valence-electron chi connectivity index (χ3n) is 2.41. The number of anilines is 1. The summed E-state index contributed by atoms with van der Waals surface area (Å²) >= 11 is 5.93. The van der Waals surface area contributed by atoms with Crippen LogP contribution in [0.15, 0.2) is 24.5 Å². The first-order valence-corrected chi connectivity index (χ1v) is 6.47. The van der Waals surface area contributed by atoms with E-state index in [1.54, 1.807) is 18.2 Å². The average Bonchev–Trinajstić information content (AvgIpc) is 2.94. The van der Waals surface area contributed by atoms with Crippen molar-refractivity contribution < 1.29 is 9.90 Å². The summed E-state index contributed by atoms with van der Waals surface area (Å²) in [5, 5.41) is 22.4. The Hall–Kier alpha value is -2.43. The van der Waals surface area contributed by atoms with Crippen LogP contribution in [0.3, 0.4) is 0 Å². The van der Waals surface area contributed by atoms with Gasteiger partial charge in [0.2, 0.25) is 5.91 Å². The fourth-order valence-corrected chi connectivity index (χ4v) is 1.70. The highest BCUT2D eigenvalue weighted by atomic mass is 35.5. The second kappa shape index (κ2) is 7.38. The molecule has 108 valence electrons. The minimum Gasteiger partial charge on any atom is -0.395 e. The normalized spacial score (nSPS) is 9.81. The zero-order chi connectivity index (χ0) is 15.1. The van der Waals surface area contributed by atoms with E-state index in [4.69, 9.17) is 16.7 Å². The molecule has 1 aromatic heterocycles. The largest absolute Gasteiger partial charge is 0.395 e. The van der Waals surface area contributed by atoms with Gasteiger partial charge < -0.3 is 10.4 Å². The monoisotopic (exact) mass is 305 g/mol. The van der Waals surface area contributed by atoms with E-state index in [2.05, 4.69) is 32.7 Å². The van der Waals surface area contributed by atoms with Gasteiger partial charge in [-0.1, -0.05) is 23.4 Å². The molecule has 1 heterocycles. The number of rotatable bonds is 4. The van der Waals surface area contributed by atoms with Gasteiger partial charge in [-0.05, 0) is 28.6 Å². The molecule has 7 nitrogen and oxygen atoms in total. The number of amides is 1. The highest BCUT2D eigenvalue weighted by Gasteiger charge is 2.08. The summed E-state index contributed by atoms with van der Waals surface area (Å²) in [7, 11) is 0. The highest BCUT2D eigenvalue weighted by molar-refractivity contribution is 6.31. The van der Waals surface area contributed by atoms with Gasteiger partial charge in [-0.15, -0.1) is 5.10 Å². The molecule has 2 aromatic rings. The molecule has 8 heteroatoms. The first-order chi connectivity index (χ1) is 10.2. The maximum atomic E-state index is 11.9. The van der Waals surface area contributed by atoms with E-state index in [0.717, 1.165) is 0 Å². The molecular weight excluding hydrogens is 294 g/mol. The molecule has 0 fully saturated rings. The van der Waals surface area contributed by atoms with Crippen LogP contribution in [-0.4, -0.2) is 37.8 Å². The topological polar surface area (TPSA) is 92.9 Å². The van der Waals surface area contributed by atoms with Crippen LogP contribution in [0.4, 0.5) is 5.69 Å². The summed E-state index contributed by atoms with van der Waals surface area (Å²) in [5.41, 5.74) is 1.13. The first kappa shape index (κ1) is 15.0. The maximum Gasteiger partial charge on any atom is 0.246 e. The minimum atomic E-state index is -0.297. The number of nitrogens with zero attached hydrogens (tertiary/aromatic N) is 4. The van der Waals surface area contributed by atoms with Crippen molar-refractivity contribution in [2.75, 3.05) is 11.9 Å². The van der Waals surface area contributed by atoms with E-state index in [0.29, 0.717) is 22.7 Å². The van der Waals surface area contributed by atoms with Gasteiger partial charge >= 0.3 is 0 Å². The van der Waals surface area contributed by atoms with E-state index < -0.39 is 0 Å². The zero-order valence-electron chi connectivity index (χ0n) is 11.0. The van der Waals surface area contributed by atoms with Crippen LogP contribution in [0.5, 0.6) is 0 Å². The van der Waals surface area contributed by atoms with Gasteiger partial charge in [-0.2, -0.15) is 0 Å². The molecule has 0 unspecified atom stereocenters. The zero-order valence-corrected chi connectivity index (χ0v) is 11.7. The quantitative estimate of drug-likeness (QED) is 0.811. The molecule has 0 aliphatic heterocycles. The first-order valence-electron chi connectivity index (χ1n) is 6.09. The lowest BCUT2D eigenvalue weighted by Gasteiger charge is -2.07. The van der Waals surface area contributed by atoms with Gasteiger partial charge in [0.25, 0.3) is 0 Å². The van der Waals surface area contributed by atoms with Gasteiger partial charge in [0.15, 0.2) is 0 Å². The minimum absolute atomic E-state index is 0.0109. The number of tetrazole rings is 1. The maximum absolute atomic E-state index is 11.9. The van der Waals surface area contributed by atoms with Crippen LogP contribution in [0.25, 0.3) is 0 Å². The Balaban J connectivity index is 2.12. The number of aliphatic hydroxyl groups is 1. The van der Waals surface area contributed by atoms with Crippen molar-refractivity contribution in [1.82, 2.24) is 20.2 Å². The second-order valence-corrected chi connectivity index (χ2v) is 4.46. The number of aromatic nitrogens is 4. The SMILES string of the molecule is O=C(Cn1cnnn1)Nc1cc(Cl)ccc1C#CCCO. The molecule has 0 saturated carbocycles. The average molecular weight is 306 g/mol. The predicted octanol–water partition coefficient (Wildman–Crippen LogP) is 0.699. The molecular formula is C13H12ClN5O2. The standard InChI is InChI=1S/C13H12ClN5O2/c14-11-5-4-10(3-1-2-6-20)12(7-11)16-13(21)8-19-9-15-17-18-19/h4-5,7,9,20H,2,6,8H2,(H,16,21). The molecule has 1 aromatic carbocycles. The Kier molecular flexibility index (Phi) is 5.26. The van der Waals surface area contributed by atoms with E-state index in [9.17, 15) is 4.79 Å². The number of hydrogen-bond acceptors (Lipinski definition) is 5. The van der Waals surface area contributed by atoms with Crippen LogP contribution in [0.2, 0.25) is 5.02 Å². The third kappa shape index (κ3) is 4.56. The molecule has 0 aliphatic carbocycles. The fourth-order valence-electron chi connectivity index (χ4n) is 1.53. The van der Waals surface area contributed by atoms with Crippen molar-refractivity contribution in [3.63, 3.8) is 0 Å². The second-order valence-electron chi connectivity index (χ2n) is 4.02. The Bertz CT molecular complexity index is 676. The van der Waals surface area contributed by atoms with Gasteiger partial charge in [0, 0.05) is 17.0 Å². The molecule has 0 aliphatic rings. The van der Waals surface area contributed by atoms with Crippen molar-refractivity contribution in [1.29, 1.82) is 0 Å². The van der Waals surface area contributed by atoms with Gasteiger partial charge in [0.05, 0.1) is 12.3 Å². The summed E-state index contributed by atoms with van der Waals surface area (Å²) in [6, 6.07) is 5.00. The smallest absolute Gasteiger partial charge is 0.246 e. The van der Waals surface area contributed by atoms with Gasteiger partial charge in [0.1, 0.15) is 12.9 Å². The van der Waals surface area contributed by atoms with E-state index >= 15 is 0 Å². The van der Waals surface area contributed by atoms with Crippen molar-refractivity contribution >= 4 is 23.2 Å². The molecule has 0 saturated heterocycles. The molecule has 1 amide bonds. The number of nitrogens with one attached hydrogen (secondary N) is 1. The van der Waals surface area contributed by atoms with Crippen molar-refractivity contribution in [2.24, 2.45) is 0 Å². The van der Waals surface area contributed by atoms with Crippen LogP contribution >= 0.6 is 11.6 Å². The number of carbonyl (C=O) groups is 1. The number of halogens is 1. The van der Waals surface area contributed by atoms with Gasteiger partial charge in [-0.3, -0.25) is 4.79 Å². The van der Waals surface area contributed by atoms with Crippen LogP contribution in [0.1, 0.15) is 12.0 Å². The number of hydrogen-bond donors (Lipinski definition) is 2. The molecule has 2 N–H and O–H groups in total. The Labute approximate surface area is 125 Å². The molecule has 21 heavy (non-hydrogen) atoms. The predicted molar refractivity (Wildman–Crippen MR) is 76.5 cm³/mol. The summed E-state index contributed by atoms with van der Waals surface area (Å²) in [5.74, 6) is 5.38. The van der Waals surface area contributed by atoms with Crippen molar-refractivity contribution in [3.8, 4) is 11.8 Å². The van der Waals surface area contributed by atoms with Crippen molar-refractivity contribution in [2.45, 2.75) is 13.0 Å². The lowest BCUT2D eigenvalue weighted by atomic mass is 10.1. The Morgan fingerprint density at radius 1 is 1.48 bits per heavy atom. The molecule has 2 rings (SSSR count). The van der Waals surface area contributed by atoms with E-state index in [-0.39, 0.29) is 19.1 Å². The number of benzene rings is 1. The highest BCUT2D eigenvalue weighted by Crippen LogP contribution is 2.20. The lowest BCUT2D eigenvalue weighted by Crippen LogP contribution is -2.19. The summed E-state index contributed by atoms with van der Waals surface area (Å²) in [4.78, 5) is 11.9. The third-order valence-corrected chi connectivity index (χ3v) is 2.65. The molecule has 0 atom stereocenters. The molecule has 0 bridgehead atoms. The van der Waals surface area contributed by atoms with E-state index in [1.165, 1.54) is 11.0 Å². The summed E-state index contributed by atoms with van der Waals surface area (Å²) < 4.78 is 1.30. The van der Waals surface area contributed by atoms with Crippen molar-refractivity contribution in [3.05, 3.63) is 35.1 Å².